The van der Waals surface area contributed by atoms with Gasteiger partial charge in [0.2, 0.25) is 0 Å². The van der Waals surface area contributed by atoms with Gasteiger partial charge in [0.15, 0.2) is 4.32 Å². The summed E-state index contributed by atoms with van der Waals surface area (Å²) >= 11 is 12.3. The van der Waals surface area contributed by atoms with Crippen molar-refractivity contribution in [2.24, 2.45) is 0 Å². The van der Waals surface area contributed by atoms with Crippen LogP contribution in [0.5, 0.6) is 0 Å². The second-order valence-electron chi connectivity index (χ2n) is 4.84. The van der Waals surface area contributed by atoms with Crippen LogP contribution in [0.3, 0.4) is 0 Å². The number of carbonyl (C=O) groups is 1. The third kappa shape index (κ3) is 3.33. The summed E-state index contributed by atoms with van der Waals surface area (Å²) < 4.78 is 0.426. The van der Waals surface area contributed by atoms with Gasteiger partial charge in [-0.15, -0.1) is 0 Å². The summed E-state index contributed by atoms with van der Waals surface area (Å²) in [7, 11) is 0. The maximum Gasteiger partial charge on any atom is 0.270 e. The zero-order chi connectivity index (χ0) is 17.3. The summed E-state index contributed by atoms with van der Waals surface area (Å²) in [6, 6.07) is 12.8. The predicted molar refractivity (Wildman–Crippen MR) is 100 cm³/mol. The fourth-order valence-electron chi connectivity index (χ4n) is 2.12. The molecule has 8 heteroatoms. The van der Waals surface area contributed by atoms with Crippen LogP contribution in [0.4, 0.5) is 11.4 Å². The van der Waals surface area contributed by atoms with Crippen LogP contribution in [0.25, 0.3) is 6.08 Å². The lowest BCUT2D eigenvalue weighted by atomic mass is 10.2. The Kier molecular flexibility index (Phi) is 4.66. The molecule has 2 aromatic rings. The van der Waals surface area contributed by atoms with Crippen LogP contribution in [0.1, 0.15) is 5.56 Å². The summed E-state index contributed by atoms with van der Waals surface area (Å²) in [5, 5.41) is 11.2. The summed E-state index contributed by atoms with van der Waals surface area (Å²) in [6.07, 6.45) is 1.67. The van der Waals surface area contributed by atoms with Gasteiger partial charge >= 0.3 is 0 Å². The number of hydrogen-bond donors (Lipinski definition) is 0. The van der Waals surface area contributed by atoms with Gasteiger partial charge in [-0.2, -0.15) is 0 Å². The molecule has 0 radical (unpaired) electrons. The first-order valence-electron chi connectivity index (χ1n) is 6.74. The number of carbonyl (C=O) groups excluding carboxylic acids is 1. The Morgan fingerprint density at radius 3 is 2.33 bits per heavy atom. The predicted octanol–water partition coefficient (Wildman–Crippen LogP) is 4.65. The van der Waals surface area contributed by atoms with Crippen LogP contribution < -0.4 is 4.90 Å². The highest BCUT2D eigenvalue weighted by atomic mass is 35.5. The molecule has 0 unspecified atom stereocenters. The van der Waals surface area contributed by atoms with E-state index in [9.17, 15) is 14.9 Å². The fraction of sp³-hybridized carbons (Fsp3) is 0. The second-order valence-corrected chi connectivity index (χ2v) is 6.95. The Labute approximate surface area is 152 Å². The van der Waals surface area contributed by atoms with Crippen molar-refractivity contribution in [1.82, 2.24) is 0 Å². The molecule has 1 heterocycles. The number of halogens is 1. The topological polar surface area (TPSA) is 63.4 Å². The maximum absolute atomic E-state index is 12.6. The summed E-state index contributed by atoms with van der Waals surface area (Å²) in [4.78, 5) is 24.7. The Hall–Kier alpha value is -2.22. The van der Waals surface area contributed by atoms with Crippen molar-refractivity contribution in [2.75, 3.05) is 4.90 Å². The van der Waals surface area contributed by atoms with Gasteiger partial charge in [-0.1, -0.05) is 35.6 Å². The molecule has 0 bridgehead atoms. The quantitative estimate of drug-likeness (QED) is 0.337. The van der Waals surface area contributed by atoms with E-state index in [0.717, 1.165) is 0 Å². The molecule has 1 amide bonds. The van der Waals surface area contributed by atoms with Crippen LogP contribution >= 0.6 is 35.6 Å². The molecule has 5 nitrogen and oxygen atoms in total. The number of thioether (sulfide) groups is 1. The Bertz CT molecular complexity index is 864. The lowest BCUT2D eigenvalue weighted by molar-refractivity contribution is -0.384. The number of anilines is 1. The summed E-state index contributed by atoms with van der Waals surface area (Å²) in [6.45, 7) is 0. The lowest BCUT2D eigenvalue weighted by Gasteiger charge is -2.14. The highest BCUT2D eigenvalue weighted by Gasteiger charge is 2.33. The van der Waals surface area contributed by atoms with Crippen LogP contribution in [-0.2, 0) is 4.79 Å². The van der Waals surface area contributed by atoms with Crippen molar-refractivity contribution in [2.45, 2.75) is 0 Å². The molecule has 1 saturated heterocycles. The van der Waals surface area contributed by atoms with E-state index in [4.69, 9.17) is 23.8 Å². The van der Waals surface area contributed by atoms with E-state index in [-0.39, 0.29) is 11.6 Å². The molecule has 0 atom stereocenters. The first-order valence-corrected chi connectivity index (χ1v) is 8.34. The number of non-ortho nitro benzene ring substituents is 1. The maximum atomic E-state index is 12.6. The van der Waals surface area contributed by atoms with E-state index < -0.39 is 4.92 Å². The number of rotatable bonds is 3. The highest BCUT2D eigenvalue weighted by molar-refractivity contribution is 8.27. The minimum Gasteiger partial charge on any atom is -0.268 e. The van der Waals surface area contributed by atoms with Crippen molar-refractivity contribution in [1.29, 1.82) is 0 Å². The van der Waals surface area contributed by atoms with Crippen molar-refractivity contribution in [3.05, 3.63) is 74.1 Å². The third-order valence-electron chi connectivity index (χ3n) is 3.28. The monoisotopic (exact) mass is 376 g/mol. The zero-order valence-corrected chi connectivity index (χ0v) is 14.4. The minimum atomic E-state index is -0.468. The van der Waals surface area contributed by atoms with E-state index in [0.29, 0.717) is 25.5 Å². The largest absolute Gasteiger partial charge is 0.270 e. The molecular weight excluding hydrogens is 368 g/mol. The summed E-state index contributed by atoms with van der Waals surface area (Å²) in [5.74, 6) is -0.231. The third-order valence-corrected chi connectivity index (χ3v) is 4.83. The van der Waals surface area contributed by atoms with Crippen molar-refractivity contribution < 1.29 is 9.72 Å². The molecule has 24 heavy (non-hydrogen) atoms. The standard InChI is InChI=1S/C16H9ClN2O3S2/c17-11-3-7-12(8-4-11)18-15(20)14(24-16(18)23)9-10-1-5-13(6-2-10)19(21)22/h1-9H. The molecule has 0 spiro atoms. The van der Waals surface area contributed by atoms with Gasteiger partial charge in [-0.05, 0) is 48.0 Å². The number of nitro groups is 1. The molecule has 3 rings (SSSR count). The van der Waals surface area contributed by atoms with Crippen LogP contribution in [-0.4, -0.2) is 15.2 Å². The number of hydrogen-bond acceptors (Lipinski definition) is 5. The molecule has 1 fully saturated rings. The van der Waals surface area contributed by atoms with Crippen molar-refractivity contribution in [3.8, 4) is 0 Å². The molecule has 2 aromatic carbocycles. The molecule has 0 N–H and O–H groups in total. The number of nitro benzene ring substituents is 1. The van der Waals surface area contributed by atoms with Crippen molar-refractivity contribution in [3.63, 3.8) is 0 Å². The Morgan fingerprint density at radius 2 is 1.75 bits per heavy atom. The van der Waals surface area contributed by atoms with Gasteiger partial charge in [-0.3, -0.25) is 19.8 Å². The molecule has 0 aromatic heterocycles. The van der Waals surface area contributed by atoms with Crippen LogP contribution in [0.2, 0.25) is 5.02 Å². The van der Waals surface area contributed by atoms with Gasteiger partial charge in [0.05, 0.1) is 15.5 Å². The average Bonchev–Trinajstić information content (AvgIpc) is 2.83. The Balaban J connectivity index is 1.87. The van der Waals surface area contributed by atoms with Gasteiger partial charge in [-0.25, -0.2) is 0 Å². The first kappa shape index (κ1) is 16.6. The number of thiocarbonyl (C=S) groups is 1. The number of nitrogens with zero attached hydrogens (tertiary/aromatic N) is 2. The normalized spacial score (nSPS) is 16.0. The minimum absolute atomic E-state index is 0.000799. The molecule has 120 valence electrons. The van der Waals surface area contributed by atoms with E-state index in [1.807, 2.05) is 0 Å². The van der Waals surface area contributed by atoms with Crippen LogP contribution in [0.15, 0.2) is 53.4 Å². The smallest absolute Gasteiger partial charge is 0.268 e. The number of amides is 1. The first-order chi connectivity index (χ1) is 11.5. The molecule has 1 aliphatic rings. The van der Waals surface area contributed by atoms with Gasteiger partial charge in [0.1, 0.15) is 0 Å². The van der Waals surface area contributed by atoms with Gasteiger partial charge < -0.3 is 0 Å². The molecule has 0 saturated carbocycles. The Morgan fingerprint density at radius 1 is 1.12 bits per heavy atom. The molecular formula is C16H9ClN2O3S2. The number of benzene rings is 2. The van der Waals surface area contributed by atoms with Crippen LogP contribution in [0, 0.1) is 10.1 Å². The van der Waals surface area contributed by atoms with Gasteiger partial charge in [0.25, 0.3) is 11.6 Å². The average molecular weight is 377 g/mol. The molecule has 0 aliphatic carbocycles. The van der Waals surface area contributed by atoms with E-state index in [2.05, 4.69) is 0 Å². The zero-order valence-electron chi connectivity index (χ0n) is 12.0. The highest BCUT2D eigenvalue weighted by Crippen LogP contribution is 2.36. The van der Waals surface area contributed by atoms with Crippen molar-refractivity contribution >= 4 is 63.3 Å². The SMILES string of the molecule is O=C1C(=Cc2ccc([N+](=O)[O-])cc2)SC(=S)N1c1ccc(Cl)cc1. The lowest BCUT2D eigenvalue weighted by Crippen LogP contribution is -2.27. The van der Waals surface area contributed by atoms with Gasteiger partial charge in [0, 0.05) is 17.2 Å². The fourth-order valence-corrected chi connectivity index (χ4v) is 3.55. The van der Waals surface area contributed by atoms with E-state index >= 15 is 0 Å². The van der Waals surface area contributed by atoms with E-state index in [1.54, 1.807) is 42.5 Å². The second kappa shape index (κ2) is 6.72. The summed E-state index contributed by atoms with van der Waals surface area (Å²) in [5.41, 5.74) is 1.34. The van der Waals surface area contributed by atoms with E-state index in [1.165, 1.54) is 28.8 Å². The molecule has 1 aliphatic heterocycles.